The number of nitrogens with one attached hydrogen (secondary N) is 1. The molecule has 3 heteroatoms. The van der Waals surface area contributed by atoms with E-state index in [2.05, 4.69) is 31.1 Å². The van der Waals surface area contributed by atoms with Crippen LogP contribution in [0, 0.1) is 0 Å². The molecule has 1 N–H and O–H groups in total. The van der Waals surface area contributed by atoms with Crippen LogP contribution >= 0.6 is 0 Å². The van der Waals surface area contributed by atoms with E-state index in [9.17, 15) is 0 Å². The molecule has 2 rings (SSSR count). The van der Waals surface area contributed by atoms with Crippen LogP contribution in [0.3, 0.4) is 0 Å². The van der Waals surface area contributed by atoms with E-state index in [4.69, 9.17) is 4.42 Å². The Balaban J connectivity index is 1.77. The molecule has 120 valence electrons. The molecule has 1 aliphatic rings. The lowest BCUT2D eigenvalue weighted by atomic mass is 9.90. The monoisotopic (exact) mass is 292 g/mol. The van der Waals surface area contributed by atoms with Gasteiger partial charge in [-0.1, -0.05) is 32.1 Å². The van der Waals surface area contributed by atoms with E-state index in [0.717, 1.165) is 31.0 Å². The molecule has 1 aromatic rings. The van der Waals surface area contributed by atoms with Gasteiger partial charge in [0.15, 0.2) is 5.89 Å². The summed E-state index contributed by atoms with van der Waals surface area (Å²) in [6, 6.07) is 0. The summed E-state index contributed by atoms with van der Waals surface area (Å²) in [6.45, 7) is 7.62. The van der Waals surface area contributed by atoms with Gasteiger partial charge in [0, 0.05) is 17.9 Å². The first-order valence-corrected chi connectivity index (χ1v) is 8.74. The second-order valence-electron chi connectivity index (χ2n) is 7.48. The van der Waals surface area contributed by atoms with Gasteiger partial charge in [-0.15, -0.1) is 0 Å². The van der Waals surface area contributed by atoms with E-state index in [0.29, 0.717) is 5.92 Å². The summed E-state index contributed by atoms with van der Waals surface area (Å²) in [6.07, 6.45) is 13.4. The second-order valence-corrected chi connectivity index (χ2v) is 7.48. The smallest absolute Gasteiger partial charge is 0.194 e. The van der Waals surface area contributed by atoms with Crippen molar-refractivity contribution >= 4 is 0 Å². The summed E-state index contributed by atoms with van der Waals surface area (Å²) < 4.78 is 6.01. The number of nitrogens with zero attached hydrogens (tertiary/aromatic N) is 1. The maximum Gasteiger partial charge on any atom is 0.194 e. The summed E-state index contributed by atoms with van der Waals surface area (Å²) in [7, 11) is 0. The minimum atomic E-state index is 0.195. The van der Waals surface area contributed by atoms with Crippen LogP contribution in [0.2, 0.25) is 0 Å². The molecule has 0 radical (unpaired) electrons. The molecule has 3 nitrogen and oxygen atoms in total. The highest BCUT2D eigenvalue weighted by atomic mass is 16.4. The highest BCUT2D eigenvalue weighted by Gasteiger charge is 2.18. The molecular weight excluding hydrogens is 260 g/mol. The van der Waals surface area contributed by atoms with Crippen molar-refractivity contribution in [1.82, 2.24) is 10.3 Å². The third-order valence-corrected chi connectivity index (χ3v) is 4.30. The fraction of sp³-hybridized carbons (Fsp3) is 0.833. The molecule has 1 saturated carbocycles. The van der Waals surface area contributed by atoms with Crippen LogP contribution in [0.4, 0.5) is 0 Å². The molecule has 0 bridgehead atoms. The Bertz CT molecular complexity index is 398. The normalized spacial score (nSPS) is 18.4. The average molecular weight is 292 g/mol. The standard InChI is InChI=1S/C18H32N2O/c1-18(2,3)20-13-9-12-17-19-14-16(21-17)15-10-7-5-4-6-8-11-15/h14-15,20H,4-13H2,1-3H3. The number of hydrogen-bond donors (Lipinski definition) is 1. The minimum Gasteiger partial charge on any atom is -0.445 e. The SMILES string of the molecule is CC(C)(C)NCCCc1ncc(C2CCCCCCC2)o1. The first-order valence-electron chi connectivity index (χ1n) is 8.74. The number of aromatic nitrogens is 1. The Labute approximate surface area is 129 Å². The number of hydrogen-bond acceptors (Lipinski definition) is 3. The number of rotatable bonds is 5. The van der Waals surface area contributed by atoms with Crippen LogP contribution in [0.5, 0.6) is 0 Å². The maximum atomic E-state index is 6.01. The van der Waals surface area contributed by atoms with Crippen LogP contribution in [0.1, 0.15) is 89.7 Å². The maximum absolute atomic E-state index is 6.01. The Morgan fingerprint density at radius 1 is 1.14 bits per heavy atom. The van der Waals surface area contributed by atoms with Crippen molar-refractivity contribution < 1.29 is 4.42 Å². The molecule has 0 amide bonds. The third-order valence-electron chi connectivity index (χ3n) is 4.30. The van der Waals surface area contributed by atoms with Crippen molar-refractivity contribution in [3.63, 3.8) is 0 Å². The molecule has 21 heavy (non-hydrogen) atoms. The van der Waals surface area contributed by atoms with Crippen molar-refractivity contribution in [2.24, 2.45) is 0 Å². The lowest BCUT2D eigenvalue weighted by molar-refractivity contribution is 0.365. The third kappa shape index (κ3) is 6.21. The van der Waals surface area contributed by atoms with Crippen molar-refractivity contribution in [3.8, 4) is 0 Å². The van der Waals surface area contributed by atoms with E-state index >= 15 is 0 Å². The van der Waals surface area contributed by atoms with Gasteiger partial charge in [0.1, 0.15) is 5.76 Å². The van der Waals surface area contributed by atoms with Crippen LogP contribution in [-0.2, 0) is 6.42 Å². The summed E-state index contributed by atoms with van der Waals surface area (Å²) >= 11 is 0. The van der Waals surface area contributed by atoms with Gasteiger partial charge in [-0.2, -0.15) is 0 Å². The van der Waals surface area contributed by atoms with E-state index in [1.807, 2.05) is 6.20 Å². The van der Waals surface area contributed by atoms with Crippen LogP contribution < -0.4 is 5.32 Å². The fourth-order valence-electron chi connectivity index (χ4n) is 3.07. The van der Waals surface area contributed by atoms with Gasteiger partial charge in [0.05, 0.1) is 6.20 Å². The Kier molecular flexibility index (Phi) is 6.28. The Hall–Kier alpha value is -0.830. The second kappa shape index (κ2) is 7.98. The highest BCUT2D eigenvalue weighted by Crippen LogP contribution is 2.31. The van der Waals surface area contributed by atoms with Gasteiger partial charge in [-0.05, 0) is 46.6 Å². The van der Waals surface area contributed by atoms with E-state index < -0.39 is 0 Å². The first-order chi connectivity index (χ1) is 10.0. The Morgan fingerprint density at radius 3 is 2.48 bits per heavy atom. The van der Waals surface area contributed by atoms with E-state index in [1.165, 1.54) is 44.9 Å². The Morgan fingerprint density at radius 2 is 1.81 bits per heavy atom. The molecule has 1 fully saturated rings. The van der Waals surface area contributed by atoms with E-state index in [-0.39, 0.29) is 5.54 Å². The molecule has 1 heterocycles. The van der Waals surface area contributed by atoms with Crippen LogP contribution in [0.15, 0.2) is 10.6 Å². The molecule has 1 aliphatic carbocycles. The quantitative estimate of drug-likeness (QED) is 0.790. The molecule has 0 aliphatic heterocycles. The fourth-order valence-corrected chi connectivity index (χ4v) is 3.07. The van der Waals surface area contributed by atoms with E-state index in [1.54, 1.807) is 0 Å². The number of oxazole rings is 1. The largest absolute Gasteiger partial charge is 0.445 e. The minimum absolute atomic E-state index is 0.195. The predicted molar refractivity (Wildman–Crippen MR) is 87.6 cm³/mol. The zero-order valence-electron chi connectivity index (χ0n) is 14.1. The molecule has 0 aromatic carbocycles. The van der Waals surface area contributed by atoms with Crippen molar-refractivity contribution in [3.05, 3.63) is 17.8 Å². The summed E-state index contributed by atoms with van der Waals surface area (Å²) in [5.41, 5.74) is 0.195. The lowest BCUT2D eigenvalue weighted by Crippen LogP contribution is -2.36. The van der Waals surface area contributed by atoms with Crippen molar-refractivity contribution in [1.29, 1.82) is 0 Å². The van der Waals surface area contributed by atoms with Crippen molar-refractivity contribution in [2.45, 2.75) is 90.0 Å². The van der Waals surface area contributed by atoms with Crippen LogP contribution in [-0.4, -0.2) is 17.1 Å². The zero-order valence-corrected chi connectivity index (χ0v) is 14.1. The van der Waals surface area contributed by atoms with Gasteiger partial charge in [0.25, 0.3) is 0 Å². The van der Waals surface area contributed by atoms with Gasteiger partial charge >= 0.3 is 0 Å². The topological polar surface area (TPSA) is 38.1 Å². The average Bonchev–Trinajstić information content (AvgIpc) is 2.82. The molecule has 1 aromatic heterocycles. The first kappa shape index (κ1) is 16.5. The molecule has 0 unspecified atom stereocenters. The summed E-state index contributed by atoms with van der Waals surface area (Å²) in [5, 5.41) is 3.51. The van der Waals surface area contributed by atoms with Crippen molar-refractivity contribution in [2.75, 3.05) is 6.54 Å². The highest BCUT2D eigenvalue weighted by molar-refractivity contribution is 5.02. The van der Waals surface area contributed by atoms with Gasteiger partial charge in [0.2, 0.25) is 0 Å². The van der Waals surface area contributed by atoms with Gasteiger partial charge in [-0.25, -0.2) is 4.98 Å². The molecular formula is C18H32N2O. The molecule has 0 spiro atoms. The summed E-state index contributed by atoms with van der Waals surface area (Å²) in [4.78, 5) is 4.48. The number of aryl methyl sites for hydroxylation is 1. The van der Waals surface area contributed by atoms with Gasteiger partial charge in [-0.3, -0.25) is 0 Å². The predicted octanol–water partition coefficient (Wildman–Crippen LogP) is 4.82. The van der Waals surface area contributed by atoms with Gasteiger partial charge < -0.3 is 9.73 Å². The lowest BCUT2D eigenvalue weighted by Gasteiger charge is -2.20. The molecule has 0 saturated heterocycles. The summed E-state index contributed by atoms with van der Waals surface area (Å²) in [5.74, 6) is 2.66. The zero-order chi connectivity index (χ0) is 15.1. The molecule has 0 atom stereocenters. The van der Waals surface area contributed by atoms with Crippen LogP contribution in [0.25, 0.3) is 0 Å².